The molecule has 12 heavy (non-hydrogen) atoms. The molecule has 0 atom stereocenters. The highest BCUT2D eigenvalue weighted by atomic mass is 14.1. The number of hydrogen-bond acceptors (Lipinski definition) is 0. The van der Waals surface area contributed by atoms with Crippen LogP contribution in [0.3, 0.4) is 0 Å². The van der Waals surface area contributed by atoms with Gasteiger partial charge in [-0.05, 0) is 36.0 Å². The van der Waals surface area contributed by atoms with E-state index in [0.29, 0.717) is 0 Å². The van der Waals surface area contributed by atoms with Gasteiger partial charge in [-0.15, -0.1) is 0 Å². The second-order valence-corrected chi connectivity index (χ2v) is 3.49. The van der Waals surface area contributed by atoms with Crippen molar-refractivity contribution in [3.63, 3.8) is 0 Å². The Morgan fingerprint density at radius 3 is 2.33 bits per heavy atom. The molecule has 1 radical (unpaired) electrons. The van der Waals surface area contributed by atoms with Crippen LogP contribution in [0.2, 0.25) is 0 Å². The Kier molecular flexibility index (Phi) is 2.91. The quantitative estimate of drug-likeness (QED) is 0.622. The van der Waals surface area contributed by atoms with Crippen molar-refractivity contribution in [1.29, 1.82) is 0 Å². The van der Waals surface area contributed by atoms with Crippen LogP contribution in [0, 0.1) is 12.8 Å². The fourth-order valence-corrected chi connectivity index (χ4v) is 1.40. The van der Waals surface area contributed by atoms with Gasteiger partial charge in [-0.1, -0.05) is 39.0 Å². The van der Waals surface area contributed by atoms with Gasteiger partial charge < -0.3 is 0 Å². The molecule has 0 saturated heterocycles. The lowest BCUT2D eigenvalue weighted by Crippen LogP contribution is -1.92. The zero-order chi connectivity index (χ0) is 9.14. The predicted octanol–water partition coefficient (Wildman–Crippen LogP) is 3.52. The van der Waals surface area contributed by atoms with Crippen molar-refractivity contribution >= 4 is 0 Å². The lowest BCUT2D eigenvalue weighted by atomic mass is 9.97. The van der Waals surface area contributed by atoms with Crippen molar-refractivity contribution in [2.24, 2.45) is 0 Å². The highest BCUT2D eigenvalue weighted by Gasteiger charge is 2.01. The minimum Gasteiger partial charge on any atom is -0.0613 e. The molecule has 1 rings (SSSR count). The van der Waals surface area contributed by atoms with Crippen molar-refractivity contribution in [1.82, 2.24) is 0 Å². The van der Waals surface area contributed by atoms with Crippen molar-refractivity contribution in [3.8, 4) is 0 Å². The largest absolute Gasteiger partial charge is 0.0613 e. The lowest BCUT2D eigenvalue weighted by Gasteiger charge is -2.08. The maximum atomic E-state index is 2.27. The molecule has 0 aromatic heterocycles. The Balaban J connectivity index is 3.02. The second-order valence-electron chi connectivity index (χ2n) is 3.49. The van der Waals surface area contributed by atoms with E-state index in [1.54, 1.807) is 0 Å². The normalized spacial score (nSPS) is 10.8. The predicted molar refractivity (Wildman–Crippen MR) is 54.3 cm³/mol. The third-order valence-corrected chi connectivity index (χ3v) is 2.30. The zero-order valence-corrected chi connectivity index (χ0v) is 8.44. The van der Waals surface area contributed by atoms with Crippen LogP contribution in [-0.4, -0.2) is 0 Å². The molecule has 0 aliphatic rings. The molecule has 0 nitrogen and oxygen atoms in total. The number of hydrogen-bond donors (Lipinski definition) is 0. The molecular weight excluding hydrogens is 144 g/mol. The Morgan fingerprint density at radius 2 is 1.92 bits per heavy atom. The summed E-state index contributed by atoms with van der Waals surface area (Å²) in [6.45, 7) is 8.69. The first-order chi connectivity index (χ1) is 5.65. The third-order valence-electron chi connectivity index (χ3n) is 2.30. The average Bonchev–Trinajstić information content (AvgIpc) is 2.04. The van der Waals surface area contributed by atoms with Crippen LogP contribution in [0.15, 0.2) is 18.2 Å². The molecule has 0 heteroatoms. The van der Waals surface area contributed by atoms with Gasteiger partial charge in [-0.2, -0.15) is 0 Å². The molecule has 0 spiro atoms. The molecule has 65 valence electrons. The third kappa shape index (κ3) is 1.88. The molecule has 0 saturated carbocycles. The van der Waals surface area contributed by atoms with E-state index < -0.39 is 0 Å². The summed E-state index contributed by atoms with van der Waals surface area (Å²) in [6, 6.07) is 6.72. The summed E-state index contributed by atoms with van der Waals surface area (Å²) < 4.78 is 0. The Labute approximate surface area is 75.6 Å². The molecular formula is C12H17. The molecule has 0 fully saturated rings. The minimum absolute atomic E-state index is 1.13. The summed E-state index contributed by atoms with van der Waals surface area (Å²) in [5, 5.41) is 0. The highest BCUT2D eigenvalue weighted by molar-refractivity contribution is 5.36. The van der Waals surface area contributed by atoms with Crippen LogP contribution in [0.1, 0.15) is 37.5 Å². The van der Waals surface area contributed by atoms with Crippen LogP contribution in [-0.2, 0) is 6.42 Å². The SMILES string of the molecule is CCc1ccc([C](C)C)cc1C. The van der Waals surface area contributed by atoms with E-state index in [4.69, 9.17) is 0 Å². The van der Waals surface area contributed by atoms with Crippen molar-refractivity contribution in [2.75, 3.05) is 0 Å². The van der Waals surface area contributed by atoms with E-state index >= 15 is 0 Å². The first-order valence-corrected chi connectivity index (χ1v) is 4.55. The van der Waals surface area contributed by atoms with Crippen molar-refractivity contribution in [2.45, 2.75) is 34.1 Å². The van der Waals surface area contributed by atoms with Gasteiger partial charge in [0, 0.05) is 0 Å². The summed E-state index contributed by atoms with van der Waals surface area (Å²) in [5.41, 5.74) is 4.24. The smallest absolute Gasteiger partial charge is 0.00119 e. The molecule has 0 amide bonds. The molecule has 0 unspecified atom stereocenters. The van der Waals surface area contributed by atoms with E-state index in [9.17, 15) is 0 Å². The topological polar surface area (TPSA) is 0 Å². The maximum absolute atomic E-state index is 2.27. The van der Waals surface area contributed by atoms with Crippen LogP contribution >= 0.6 is 0 Å². The fraction of sp³-hybridized carbons (Fsp3) is 0.417. The van der Waals surface area contributed by atoms with Gasteiger partial charge in [-0.25, -0.2) is 0 Å². The molecule has 0 aliphatic heterocycles. The lowest BCUT2D eigenvalue weighted by molar-refractivity contribution is 1.08. The summed E-state index contributed by atoms with van der Waals surface area (Å²) >= 11 is 0. The van der Waals surface area contributed by atoms with Crippen LogP contribution in [0.4, 0.5) is 0 Å². The first kappa shape index (κ1) is 9.31. The molecule has 1 aromatic carbocycles. The van der Waals surface area contributed by atoms with Gasteiger partial charge in [0.15, 0.2) is 0 Å². The van der Waals surface area contributed by atoms with E-state index in [1.807, 2.05) is 0 Å². The van der Waals surface area contributed by atoms with Crippen LogP contribution in [0.5, 0.6) is 0 Å². The Morgan fingerprint density at radius 1 is 1.25 bits per heavy atom. The number of rotatable bonds is 2. The monoisotopic (exact) mass is 161 g/mol. The standard InChI is InChI=1S/C12H17/c1-5-11-6-7-12(9(2)3)8-10(11)4/h6-8H,5H2,1-4H3. The maximum Gasteiger partial charge on any atom is -0.00119 e. The Bertz CT molecular complexity index is 259. The molecule has 1 aromatic rings. The van der Waals surface area contributed by atoms with Crippen molar-refractivity contribution < 1.29 is 0 Å². The van der Waals surface area contributed by atoms with E-state index in [0.717, 1.165) is 6.42 Å². The highest BCUT2D eigenvalue weighted by Crippen LogP contribution is 2.17. The van der Waals surface area contributed by atoms with Crippen LogP contribution < -0.4 is 0 Å². The van der Waals surface area contributed by atoms with Crippen LogP contribution in [0.25, 0.3) is 0 Å². The molecule has 0 bridgehead atoms. The molecule has 0 N–H and O–H groups in total. The van der Waals surface area contributed by atoms with Gasteiger partial charge in [0.2, 0.25) is 0 Å². The first-order valence-electron chi connectivity index (χ1n) is 4.55. The van der Waals surface area contributed by atoms with Gasteiger partial charge in [0.05, 0.1) is 0 Å². The summed E-state index contributed by atoms with van der Waals surface area (Å²) in [4.78, 5) is 0. The minimum atomic E-state index is 1.13. The average molecular weight is 161 g/mol. The van der Waals surface area contributed by atoms with Gasteiger partial charge >= 0.3 is 0 Å². The molecule has 0 heterocycles. The van der Waals surface area contributed by atoms with E-state index in [2.05, 4.69) is 45.9 Å². The van der Waals surface area contributed by atoms with Gasteiger partial charge in [-0.3, -0.25) is 0 Å². The summed E-state index contributed by atoms with van der Waals surface area (Å²) in [6.07, 6.45) is 1.13. The van der Waals surface area contributed by atoms with Gasteiger partial charge in [0.25, 0.3) is 0 Å². The molecule has 0 aliphatic carbocycles. The van der Waals surface area contributed by atoms with Crippen molar-refractivity contribution in [3.05, 3.63) is 40.8 Å². The fourth-order valence-electron chi connectivity index (χ4n) is 1.40. The Hall–Kier alpha value is -0.780. The summed E-state index contributed by atoms with van der Waals surface area (Å²) in [7, 11) is 0. The number of aryl methyl sites for hydroxylation is 2. The van der Waals surface area contributed by atoms with Gasteiger partial charge in [0.1, 0.15) is 0 Å². The number of benzene rings is 1. The second kappa shape index (κ2) is 3.75. The van der Waals surface area contributed by atoms with E-state index in [-0.39, 0.29) is 0 Å². The summed E-state index contributed by atoms with van der Waals surface area (Å²) in [5.74, 6) is 1.39. The zero-order valence-electron chi connectivity index (χ0n) is 8.44. The van der Waals surface area contributed by atoms with E-state index in [1.165, 1.54) is 22.6 Å².